The van der Waals surface area contributed by atoms with Crippen LogP contribution >= 0.6 is 39.9 Å². The van der Waals surface area contributed by atoms with Gasteiger partial charge in [0.05, 0.1) is 6.61 Å². The van der Waals surface area contributed by atoms with Gasteiger partial charge in [-0.2, -0.15) is 0 Å². The fourth-order valence-electron chi connectivity index (χ4n) is 1.35. The summed E-state index contributed by atoms with van der Waals surface area (Å²) < 4.78 is 7.82. The van der Waals surface area contributed by atoms with E-state index in [-0.39, 0.29) is 0 Å². The van der Waals surface area contributed by atoms with Crippen LogP contribution in [0.25, 0.3) is 10.1 Å². The van der Waals surface area contributed by atoms with E-state index in [9.17, 15) is 0 Å². The summed E-state index contributed by atoms with van der Waals surface area (Å²) >= 11 is 9.61. The number of ether oxygens (including phenoxy) is 1. The van der Waals surface area contributed by atoms with E-state index in [4.69, 9.17) is 4.74 Å². The molecule has 0 atom stereocenters. The van der Waals surface area contributed by atoms with Gasteiger partial charge in [0.25, 0.3) is 0 Å². The zero-order valence-corrected chi connectivity index (χ0v) is 10.9. The molecule has 2 aromatic rings. The molecule has 0 aliphatic rings. The average molecular weight is 289 g/mol. The molecule has 0 saturated carbocycles. The number of hydrogen-bond donors (Lipinski definition) is 1. The highest BCUT2D eigenvalue weighted by molar-refractivity contribution is 9.11. The van der Waals surface area contributed by atoms with E-state index in [1.165, 1.54) is 4.70 Å². The van der Waals surface area contributed by atoms with E-state index in [1.54, 1.807) is 11.3 Å². The minimum Gasteiger partial charge on any atom is -0.491 e. The Kier molecular flexibility index (Phi) is 3.04. The minimum atomic E-state index is 0.673. The van der Waals surface area contributed by atoms with Gasteiger partial charge in [-0.25, -0.2) is 0 Å². The number of rotatable bonds is 2. The van der Waals surface area contributed by atoms with Crippen molar-refractivity contribution in [3.63, 3.8) is 0 Å². The summed E-state index contributed by atoms with van der Waals surface area (Å²) in [6, 6.07) is 6.06. The zero-order valence-electron chi connectivity index (χ0n) is 7.58. The van der Waals surface area contributed by atoms with Crippen molar-refractivity contribution in [2.75, 3.05) is 6.61 Å². The fraction of sp³-hybridized carbons (Fsp3) is 0.200. The van der Waals surface area contributed by atoms with Gasteiger partial charge in [-0.3, -0.25) is 0 Å². The molecule has 0 unspecified atom stereocenters. The Hall–Kier alpha value is -0.190. The van der Waals surface area contributed by atoms with E-state index < -0.39 is 0 Å². The van der Waals surface area contributed by atoms with Gasteiger partial charge in [-0.05, 0) is 35.0 Å². The second kappa shape index (κ2) is 4.13. The predicted molar refractivity (Wildman–Crippen MR) is 67.9 cm³/mol. The standard InChI is InChI=1S/C10H9BrOS2/c1-2-12-9-8-6(13)4-3-5-7(8)14-10(9)11/h3-5,13H,2H2,1H3. The molecule has 1 aromatic carbocycles. The molecule has 0 amide bonds. The summed E-state index contributed by atoms with van der Waals surface area (Å²) in [5.41, 5.74) is 0. The van der Waals surface area contributed by atoms with Crippen molar-refractivity contribution in [3.8, 4) is 5.75 Å². The van der Waals surface area contributed by atoms with Gasteiger partial charge >= 0.3 is 0 Å². The second-order valence-electron chi connectivity index (χ2n) is 2.79. The maximum atomic E-state index is 5.59. The van der Waals surface area contributed by atoms with Crippen LogP contribution in [0.1, 0.15) is 6.92 Å². The van der Waals surface area contributed by atoms with Crippen molar-refractivity contribution in [3.05, 3.63) is 22.0 Å². The van der Waals surface area contributed by atoms with Crippen LogP contribution in [0, 0.1) is 0 Å². The molecular weight excluding hydrogens is 280 g/mol. The first-order valence-corrected chi connectivity index (χ1v) is 6.32. The Labute approximate surface area is 101 Å². The highest BCUT2D eigenvalue weighted by Crippen LogP contribution is 2.44. The molecule has 0 aliphatic carbocycles. The van der Waals surface area contributed by atoms with Crippen LogP contribution in [0.5, 0.6) is 5.75 Å². The third-order valence-corrected chi connectivity index (χ3v) is 4.04. The maximum absolute atomic E-state index is 5.59. The molecule has 4 heteroatoms. The van der Waals surface area contributed by atoms with Crippen molar-refractivity contribution in [1.29, 1.82) is 0 Å². The van der Waals surface area contributed by atoms with Crippen LogP contribution in [-0.2, 0) is 0 Å². The molecule has 1 aromatic heterocycles. The van der Waals surface area contributed by atoms with Crippen LogP contribution in [0.15, 0.2) is 26.9 Å². The Morgan fingerprint density at radius 3 is 3.00 bits per heavy atom. The molecule has 0 aliphatic heterocycles. The third-order valence-electron chi connectivity index (χ3n) is 1.90. The Bertz CT molecular complexity index is 464. The average Bonchev–Trinajstić information content (AvgIpc) is 2.45. The van der Waals surface area contributed by atoms with Crippen molar-refractivity contribution < 1.29 is 4.74 Å². The van der Waals surface area contributed by atoms with Crippen molar-refractivity contribution in [1.82, 2.24) is 0 Å². The monoisotopic (exact) mass is 288 g/mol. The molecule has 0 fully saturated rings. The van der Waals surface area contributed by atoms with Gasteiger partial charge < -0.3 is 4.74 Å². The summed E-state index contributed by atoms with van der Waals surface area (Å²) in [4.78, 5) is 0.966. The summed E-state index contributed by atoms with van der Waals surface area (Å²) in [6.07, 6.45) is 0. The predicted octanol–water partition coefficient (Wildman–Crippen LogP) is 4.35. The summed E-state index contributed by atoms with van der Waals surface area (Å²) in [6.45, 7) is 2.66. The number of benzene rings is 1. The number of thiophene rings is 1. The lowest BCUT2D eigenvalue weighted by Crippen LogP contribution is -1.90. The summed E-state index contributed by atoms with van der Waals surface area (Å²) in [7, 11) is 0. The highest BCUT2D eigenvalue weighted by Gasteiger charge is 2.12. The molecule has 0 spiro atoms. The van der Waals surface area contributed by atoms with Crippen molar-refractivity contribution >= 4 is 50.0 Å². The van der Waals surface area contributed by atoms with Gasteiger partial charge in [-0.1, -0.05) is 6.07 Å². The molecule has 2 rings (SSSR count). The smallest absolute Gasteiger partial charge is 0.153 e. The molecule has 1 nitrogen and oxygen atoms in total. The van der Waals surface area contributed by atoms with E-state index in [1.807, 2.05) is 19.1 Å². The molecule has 0 N–H and O–H groups in total. The minimum absolute atomic E-state index is 0.673. The number of halogens is 1. The van der Waals surface area contributed by atoms with E-state index in [0.29, 0.717) is 6.61 Å². The maximum Gasteiger partial charge on any atom is 0.153 e. The molecule has 0 saturated heterocycles. The van der Waals surface area contributed by atoms with Crippen LogP contribution in [0.3, 0.4) is 0 Å². The molecule has 74 valence electrons. The van der Waals surface area contributed by atoms with Gasteiger partial charge in [-0.15, -0.1) is 24.0 Å². The Balaban J connectivity index is 2.73. The molecule has 0 radical (unpaired) electrons. The van der Waals surface area contributed by atoms with Gasteiger partial charge in [0.2, 0.25) is 0 Å². The van der Waals surface area contributed by atoms with Crippen LogP contribution in [-0.4, -0.2) is 6.61 Å². The summed E-state index contributed by atoms with van der Waals surface area (Å²) in [5, 5.41) is 1.11. The normalized spacial score (nSPS) is 10.8. The molecular formula is C10H9BrOS2. The summed E-state index contributed by atoms with van der Waals surface area (Å²) in [5.74, 6) is 0.915. The second-order valence-corrected chi connectivity index (χ2v) is 5.64. The Morgan fingerprint density at radius 1 is 1.50 bits per heavy atom. The lowest BCUT2D eigenvalue weighted by atomic mass is 10.2. The largest absolute Gasteiger partial charge is 0.491 e. The SMILES string of the molecule is CCOc1c(Br)sc2cccc(S)c12. The van der Waals surface area contributed by atoms with Gasteiger partial charge in [0.15, 0.2) is 5.75 Å². The first-order valence-electron chi connectivity index (χ1n) is 4.26. The lowest BCUT2D eigenvalue weighted by Gasteiger charge is -2.03. The molecule has 0 bridgehead atoms. The fourth-order valence-corrected chi connectivity index (χ4v) is 3.46. The van der Waals surface area contributed by atoms with Gasteiger partial charge in [0, 0.05) is 15.0 Å². The van der Waals surface area contributed by atoms with Crippen LogP contribution < -0.4 is 4.74 Å². The van der Waals surface area contributed by atoms with E-state index >= 15 is 0 Å². The molecule has 1 heterocycles. The number of thiol groups is 1. The van der Waals surface area contributed by atoms with E-state index in [2.05, 4.69) is 34.6 Å². The van der Waals surface area contributed by atoms with Crippen molar-refractivity contribution in [2.45, 2.75) is 11.8 Å². The first kappa shape index (κ1) is 10.3. The van der Waals surface area contributed by atoms with Gasteiger partial charge in [0.1, 0.15) is 3.79 Å². The quantitative estimate of drug-likeness (QED) is 0.809. The lowest BCUT2D eigenvalue weighted by molar-refractivity contribution is 0.343. The van der Waals surface area contributed by atoms with Crippen LogP contribution in [0.4, 0.5) is 0 Å². The van der Waals surface area contributed by atoms with Crippen LogP contribution in [0.2, 0.25) is 0 Å². The third kappa shape index (κ3) is 1.66. The zero-order chi connectivity index (χ0) is 10.1. The highest BCUT2D eigenvalue weighted by atomic mass is 79.9. The van der Waals surface area contributed by atoms with Crippen molar-refractivity contribution in [2.24, 2.45) is 0 Å². The topological polar surface area (TPSA) is 9.23 Å². The Morgan fingerprint density at radius 2 is 2.29 bits per heavy atom. The number of hydrogen-bond acceptors (Lipinski definition) is 3. The number of fused-ring (bicyclic) bond motifs is 1. The molecule has 14 heavy (non-hydrogen) atoms. The first-order chi connectivity index (χ1) is 6.74. The van der Waals surface area contributed by atoms with E-state index in [0.717, 1.165) is 19.8 Å².